The predicted octanol–water partition coefficient (Wildman–Crippen LogP) is 19.1. The van der Waals surface area contributed by atoms with Gasteiger partial charge in [0.2, 0.25) is 0 Å². The zero-order valence-electron chi connectivity index (χ0n) is 43.8. The summed E-state index contributed by atoms with van der Waals surface area (Å²) >= 11 is 3.60. The number of ether oxygens (including phenoxy) is 3. The molecule has 0 bridgehead atoms. The Labute approximate surface area is 418 Å². The second kappa shape index (κ2) is 52.5. The zero-order chi connectivity index (χ0) is 48.1. The molecule has 0 heterocycles. The van der Waals surface area contributed by atoms with Gasteiger partial charge >= 0.3 is 17.9 Å². The lowest BCUT2D eigenvalue weighted by Gasteiger charge is -2.30. The molecule has 0 fully saturated rings. The number of allylic oxidation sites excluding steroid dienone is 6. The van der Waals surface area contributed by atoms with Crippen LogP contribution in [0.1, 0.15) is 290 Å². The minimum absolute atomic E-state index is 0.0313. The van der Waals surface area contributed by atoms with Gasteiger partial charge in [-0.15, -0.1) is 0 Å². The first-order valence-corrected chi connectivity index (χ1v) is 29.5. The number of rotatable bonds is 52. The highest BCUT2D eigenvalue weighted by atomic mass is 79.9. The summed E-state index contributed by atoms with van der Waals surface area (Å²) in [5.41, 5.74) is -0.839. The fourth-order valence-corrected chi connectivity index (χ4v) is 8.66. The van der Waals surface area contributed by atoms with Crippen LogP contribution in [0.25, 0.3) is 0 Å². The van der Waals surface area contributed by atoms with Crippen molar-refractivity contribution in [2.45, 2.75) is 290 Å². The number of carbonyl (C=O) groups is 3. The van der Waals surface area contributed by atoms with Crippen LogP contribution in [0, 0.1) is 5.41 Å². The van der Waals surface area contributed by atoms with Gasteiger partial charge in [0.15, 0.2) is 0 Å². The highest BCUT2D eigenvalue weighted by Crippen LogP contribution is 2.25. The van der Waals surface area contributed by atoms with Gasteiger partial charge in [-0.2, -0.15) is 0 Å². The van der Waals surface area contributed by atoms with E-state index in [1.165, 1.54) is 173 Å². The van der Waals surface area contributed by atoms with Crippen molar-refractivity contribution in [2.24, 2.45) is 5.41 Å². The highest BCUT2D eigenvalue weighted by Gasteiger charge is 2.35. The Bertz CT molecular complexity index is 1010. The Balaban J connectivity index is 4.62. The summed E-state index contributed by atoms with van der Waals surface area (Å²) in [5, 5.41) is 0.377. The molecule has 0 radical (unpaired) electrons. The van der Waals surface area contributed by atoms with E-state index in [2.05, 4.69) is 73.2 Å². The normalized spacial score (nSPS) is 12.0. The van der Waals surface area contributed by atoms with E-state index >= 15 is 0 Å². The molecule has 0 N–H and O–H groups in total. The van der Waals surface area contributed by atoms with Gasteiger partial charge < -0.3 is 14.2 Å². The maximum absolute atomic E-state index is 12.9. The first-order chi connectivity index (χ1) is 32.4. The molecule has 0 aromatic rings. The Hall–Kier alpha value is -1.89. The standard InChI is InChI=1S/C59H107BrO6/c1-4-7-10-13-16-19-22-25-28-31-34-37-40-43-46-49-56(61)64-53-59(52-60,54-65-57(62)50-47-44-41-38-35-32-29-26-23-20-17-14-11-8-5-2)55-66-58(63)51-48-45-42-39-36-33-30-27-24-21-18-15-12-9-6-3/h25-30H,4-24,31-55H2,1-3H3/b28-25-,29-26-,30-27-. The number of hydrogen-bond donors (Lipinski definition) is 0. The van der Waals surface area contributed by atoms with Gasteiger partial charge in [-0.25, -0.2) is 0 Å². The fourth-order valence-electron chi connectivity index (χ4n) is 8.18. The largest absolute Gasteiger partial charge is 0.465 e. The number of halogens is 1. The number of unbranched alkanes of at least 4 members (excludes halogenated alkanes) is 33. The SMILES string of the molecule is CCCCCCCC/C=C\CCCCCCCC(=O)OCC(CBr)(COC(=O)CCCCCCC/C=C\CCCCCCCC)COC(=O)CCCCCCC/C=C\CCCCCCCC. The average molecular weight is 992 g/mol. The summed E-state index contributed by atoms with van der Waals surface area (Å²) in [7, 11) is 0. The summed E-state index contributed by atoms with van der Waals surface area (Å²) in [6.45, 7) is 6.89. The van der Waals surface area contributed by atoms with Crippen LogP contribution in [-0.4, -0.2) is 43.1 Å². The topological polar surface area (TPSA) is 78.9 Å². The molecule has 0 unspecified atom stereocenters. The number of hydrogen-bond acceptors (Lipinski definition) is 6. The third-order valence-electron chi connectivity index (χ3n) is 12.8. The second-order valence-corrected chi connectivity index (χ2v) is 20.2. The third kappa shape index (κ3) is 47.2. The molecule has 0 aliphatic rings. The average Bonchev–Trinajstić information content (AvgIpc) is 3.32. The van der Waals surface area contributed by atoms with Crippen molar-refractivity contribution in [1.82, 2.24) is 0 Å². The maximum atomic E-state index is 12.9. The number of carbonyl (C=O) groups excluding carboxylic acids is 3. The van der Waals surface area contributed by atoms with Gasteiger partial charge in [0.1, 0.15) is 19.8 Å². The van der Waals surface area contributed by atoms with Gasteiger partial charge in [0.25, 0.3) is 0 Å². The van der Waals surface area contributed by atoms with Crippen LogP contribution in [-0.2, 0) is 28.6 Å². The lowest BCUT2D eigenvalue weighted by molar-refractivity contribution is -0.160. The molecular weight excluding hydrogens is 885 g/mol. The Morgan fingerprint density at radius 2 is 0.515 bits per heavy atom. The summed E-state index contributed by atoms with van der Waals surface area (Å²) in [4.78, 5) is 38.6. The van der Waals surface area contributed by atoms with Crippen LogP contribution in [0.4, 0.5) is 0 Å². The van der Waals surface area contributed by atoms with Gasteiger partial charge in [-0.1, -0.05) is 227 Å². The monoisotopic (exact) mass is 991 g/mol. The van der Waals surface area contributed by atoms with E-state index in [-0.39, 0.29) is 37.7 Å². The van der Waals surface area contributed by atoms with Crippen molar-refractivity contribution in [1.29, 1.82) is 0 Å². The molecule has 0 aliphatic carbocycles. The molecule has 0 spiro atoms. The molecule has 0 aromatic carbocycles. The molecule has 0 saturated heterocycles. The molecule has 0 atom stereocenters. The molecule has 6 nitrogen and oxygen atoms in total. The minimum Gasteiger partial charge on any atom is -0.465 e. The lowest BCUT2D eigenvalue weighted by atomic mass is 9.94. The molecule has 7 heteroatoms. The first kappa shape index (κ1) is 64.1. The summed E-state index contributed by atoms with van der Waals surface area (Å²) in [6.07, 6.45) is 62.2. The summed E-state index contributed by atoms with van der Waals surface area (Å²) in [5.74, 6) is -0.758. The number of esters is 3. The van der Waals surface area contributed by atoms with Crippen LogP contribution in [0.2, 0.25) is 0 Å². The smallest absolute Gasteiger partial charge is 0.305 e. The fraction of sp³-hybridized carbons (Fsp3) is 0.847. The van der Waals surface area contributed by atoms with Crippen LogP contribution < -0.4 is 0 Å². The van der Waals surface area contributed by atoms with Crippen LogP contribution in [0.3, 0.4) is 0 Å². The first-order valence-electron chi connectivity index (χ1n) is 28.4. The van der Waals surface area contributed by atoms with E-state index in [1.54, 1.807) is 0 Å². The van der Waals surface area contributed by atoms with Gasteiger partial charge in [0.05, 0.1) is 5.41 Å². The molecule has 0 amide bonds. The van der Waals surface area contributed by atoms with Crippen molar-refractivity contribution in [3.05, 3.63) is 36.5 Å². The molecule has 386 valence electrons. The van der Waals surface area contributed by atoms with Crippen molar-refractivity contribution >= 4 is 33.8 Å². The molecule has 0 saturated carbocycles. The van der Waals surface area contributed by atoms with E-state index in [4.69, 9.17) is 14.2 Å². The van der Waals surface area contributed by atoms with Crippen LogP contribution in [0.5, 0.6) is 0 Å². The van der Waals surface area contributed by atoms with Gasteiger partial charge in [-0.05, 0) is 96.3 Å². The van der Waals surface area contributed by atoms with Crippen molar-refractivity contribution < 1.29 is 28.6 Å². The van der Waals surface area contributed by atoms with Crippen LogP contribution >= 0.6 is 15.9 Å². The quantitative estimate of drug-likeness (QED) is 0.0199. The highest BCUT2D eigenvalue weighted by molar-refractivity contribution is 9.09. The van der Waals surface area contributed by atoms with Crippen molar-refractivity contribution in [3.63, 3.8) is 0 Å². The Morgan fingerprint density at radius 3 is 0.727 bits per heavy atom. The summed E-state index contributed by atoms with van der Waals surface area (Å²) < 4.78 is 17.4. The van der Waals surface area contributed by atoms with E-state index in [1.807, 2.05) is 0 Å². The molecule has 0 rings (SSSR count). The van der Waals surface area contributed by atoms with Crippen molar-refractivity contribution in [2.75, 3.05) is 25.2 Å². The maximum Gasteiger partial charge on any atom is 0.305 e. The second-order valence-electron chi connectivity index (χ2n) is 19.6. The van der Waals surface area contributed by atoms with E-state index in [9.17, 15) is 14.4 Å². The van der Waals surface area contributed by atoms with Gasteiger partial charge in [0, 0.05) is 24.6 Å². The molecular formula is C59H107BrO6. The van der Waals surface area contributed by atoms with Gasteiger partial charge in [-0.3, -0.25) is 14.4 Å². The predicted molar refractivity (Wildman–Crippen MR) is 287 cm³/mol. The third-order valence-corrected chi connectivity index (χ3v) is 14.0. The summed E-state index contributed by atoms with van der Waals surface area (Å²) in [6, 6.07) is 0. The van der Waals surface area contributed by atoms with E-state index in [0.29, 0.717) is 24.6 Å². The van der Waals surface area contributed by atoms with E-state index < -0.39 is 5.41 Å². The Kier molecular flexibility index (Phi) is 51.0. The zero-order valence-corrected chi connectivity index (χ0v) is 45.4. The van der Waals surface area contributed by atoms with Crippen LogP contribution in [0.15, 0.2) is 36.5 Å². The lowest BCUT2D eigenvalue weighted by Crippen LogP contribution is -2.41. The van der Waals surface area contributed by atoms with E-state index in [0.717, 1.165) is 77.0 Å². The minimum atomic E-state index is -0.839. The Morgan fingerprint density at radius 1 is 0.318 bits per heavy atom. The number of alkyl halides is 1. The van der Waals surface area contributed by atoms with Crippen molar-refractivity contribution in [3.8, 4) is 0 Å². The molecule has 0 aliphatic heterocycles. The molecule has 0 aromatic heterocycles. The molecule has 66 heavy (non-hydrogen) atoms.